The van der Waals surface area contributed by atoms with Crippen molar-refractivity contribution in [3.05, 3.63) is 0 Å². The largest absolute Gasteiger partial charge is 0.480 e. The normalized spacial score (nSPS) is 20.6. The number of rotatable bonds is 4. The summed E-state index contributed by atoms with van der Waals surface area (Å²) in [6.45, 7) is 0. The summed E-state index contributed by atoms with van der Waals surface area (Å²) in [5.74, 6) is -4.89. The van der Waals surface area contributed by atoms with Crippen molar-refractivity contribution in [3.63, 3.8) is 0 Å². The molecule has 0 aliphatic heterocycles. The molecule has 3 nitrogen and oxygen atoms in total. The van der Waals surface area contributed by atoms with Crippen molar-refractivity contribution < 1.29 is 18.7 Å². The highest BCUT2D eigenvalue weighted by molar-refractivity contribution is 5.73. The van der Waals surface area contributed by atoms with E-state index in [0.717, 1.165) is 0 Å². The lowest BCUT2D eigenvalue weighted by atomic mass is 10.1. The molecule has 0 saturated heterocycles. The molecule has 0 radical (unpaired) electrons. The molecule has 12 heavy (non-hydrogen) atoms. The van der Waals surface area contributed by atoms with Crippen molar-refractivity contribution in [3.8, 4) is 0 Å². The molecular weight excluding hydrogens is 168 g/mol. The molecular formula is C7H11F2NO2. The Labute approximate surface area is 68.5 Å². The Balaban J connectivity index is 2.42. The van der Waals surface area contributed by atoms with Crippen LogP contribution in [0.25, 0.3) is 0 Å². The first kappa shape index (κ1) is 9.38. The summed E-state index contributed by atoms with van der Waals surface area (Å²) in [5, 5.41) is 8.29. The molecule has 1 aliphatic rings. The van der Waals surface area contributed by atoms with Gasteiger partial charge in [-0.15, -0.1) is 0 Å². The number of nitrogens with two attached hydrogens (primary N) is 1. The van der Waals surface area contributed by atoms with E-state index in [9.17, 15) is 13.6 Å². The molecule has 3 N–H and O–H groups in total. The highest BCUT2D eigenvalue weighted by Gasteiger charge is 2.48. The van der Waals surface area contributed by atoms with Crippen molar-refractivity contribution >= 4 is 5.97 Å². The number of alkyl halides is 2. The van der Waals surface area contributed by atoms with Gasteiger partial charge in [0.05, 0.1) is 0 Å². The first-order valence-electron chi connectivity index (χ1n) is 3.79. The highest BCUT2D eigenvalue weighted by Crippen LogP contribution is 2.45. The van der Waals surface area contributed by atoms with E-state index < -0.39 is 30.3 Å². The molecule has 0 heterocycles. The van der Waals surface area contributed by atoms with Crippen molar-refractivity contribution in [1.29, 1.82) is 0 Å². The molecule has 1 atom stereocenters. The zero-order chi connectivity index (χ0) is 9.35. The van der Waals surface area contributed by atoms with E-state index in [4.69, 9.17) is 10.8 Å². The third kappa shape index (κ3) is 2.14. The third-order valence-electron chi connectivity index (χ3n) is 1.98. The SMILES string of the molecule is NC(CC(F)(F)C1CC1)C(=O)O. The summed E-state index contributed by atoms with van der Waals surface area (Å²) in [6.07, 6.45) is 0.228. The zero-order valence-corrected chi connectivity index (χ0v) is 6.46. The van der Waals surface area contributed by atoms with Gasteiger partial charge in [-0.05, 0) is 12.8 Å². The van der Waals surface area contributed by atoms with Crippen LogP contribution in [0, 0.1) is 5.92 Å². The van der Waals surface area contributed by atoms with Crippen LogP contribution in [0.3, 0.4) is 0 Å². The maximum atomic E-state index is 12.9. The molecule has 1 aliphatic carbocycles. The average Bonchev–Trinajstić information content (AvgIpc) is 2.65. The lowest BCUT2D eigenvalue weighted by Gasteiger charge is -2.17. The van der Waals surface area contributed by atoms with Crippen LogP contribution in [0.1, 0.15) is 19.3 Å². The van der Waals surface area contributed by atoms with Crippen molar-refractivity contribution in [2.24, 2.45) is 11.7 Å². The minimum atomic E-state index is -2.89. The monoisotopic (exact) mass is 179 g/mol. The minimum absolute atomic E-state index is 0.485. The second kappa shape index (κ2) is 2.97. The Bertz CT molecular complexity index is 192. The Morgan fingerprint density at radius 2 is 2.17 bits per heavy atom. The molecule has 0 aromatic carbocycles. The van der Waals surface area contributed by atoms with E-state index in [-0.39, 0.29) is 0 Å². The molecule has 1 fully saturated rings. The summed E-state index contributed by atoms with van der Waals surface area (Å²) in [7, 11) is 0. The number of aliphatic carboxylic acids is 1. The Morgan fingerprint density at radius 3 is 2.50 bits per heavy atom. The van der Waals surface area contributed by atoms with Crippen molar-refractivity contribution in [2.45, 2.75) is 31.2 Å². The number of carboxylic acid groups (broad SMARTS) is 1. The smallest absolute Gasteiger partial charge is 0.320 e. The van der Waals surface area contributed by atoms with Gasteiger partial charge in [0.15, 0.2) is 0 Å². The predicted octanol–water partition coefficient (Wildman–Crippen LogP) is 0.834. The Kier molecular flexibility index (Phi) is 2.32. The van der Waals surface area contributed by atoms with Gasteiger partial charge in [-0.1, -0.05) is 0 Å². The fourth-order valence-electron chi connectivity index (χ4n) is 1.05. The number of carbonyl (C=O) groups is 1. The van der Waals surface area contributed by atoms with E-state index in [1.165, 1.54) is 0 Å². The van der Waals surface area contributed by atoms with Gasteiger partial charge in [0.25, 0.3) is 5.92 Å². The Hall–Kier alpha value is -0.710. The van der Waals surface area contributed by atoms with Gasteiger partial charge >= 0.3 is 5.97 Å². The van der Waals surface area contributed by atoms with Crippen LogP contribution in [-0.2, 0) is 4.79 Å². The van der Waals surface area contributed by atoms with E-state index >= 15 is 0 Å². The molecule has 1 unspecified atom stereocenters. The van der Waals surface area contributed by atoms with Gasteiger partial charge in [-0.3, -0.25) is 4.79 Å². The van der Waals surface area contributed by atoms with Crippen LogP contribution in [-0.4, -0.2) is 23.0 Å². The summed E-state index contributed by atoms with van der Waals surface area (Å²) >= 11 is 0. The molecule has 1 saturated carbocycles. The van der Waals surface area contributed by atoms with Crippen LogP contribution in [0.2, 0.25) is 0 Å². The van der Waals surface area contributed by atoms with Crippen LogP contribution in [0.15, 0.2) is 0 Å². The highest BCUT2D eigenvalue weighted by atomic mass is 19.3. The molecule has 70 valence electrons. The maximum absolute atomic E-state index is 12.9. The van der Waals surface area contributed by atoms with Gasteiger partial charge in [0.2, 0.25) is 0 Å². The number of hydrogen-bond donors (Lipinski definition) is 2. The molecule has 0 aromatic heterocycles. The number of halogens is 2. The average molecular weight is 179 g/mol. The lowest BCUT2D eigenvalue weighted by Crippen LogP contribution is -2.37. The van der Waals surface area contributed by atoms with E-state index in [1.54, 1.807) is 0 Å². The number of carboxylic acids is 1. The second-order valence-electron chi connectivity index (χ2n) is 3.18. The first-order valence-corrected chi connectivity index (χ1v) is 3.79. The molecule has 0 amide bonds. The van der Waals surface area contributed by atoms with Crippen molar-refractivity contribution in [1.82, 2.24) is 0 Å². The van der Waals surface area contributed by atoms with Gasteiger partial charge in [-0.2, -0.15) is 0 Å². The summed E-state index contributed by atoms with van der Waals surface area (Å²) in [6, 6.07) is -1.44. The molecule has 0 spiro atoms. The van der Waals surface area contributed by atoms with E-state index in [0.29, 0.717) is 12.8 Å². The fraction of sp³-hybridized carbons (Fsp3) is 0.857. The summed E-state index contributed by atoms with van der Waals surface area (Å²) in [5.41, 5.74) is 4.99. The molecule has 1 rings (SSSR count). The van der Waals surface area contributed by atoms with Crippen LogP contribution in [0.4, 0.5) is 8.78 Å². The first-order chi connectivity index (χ1) is 5.43. The third-order valence-corrected chi connectivity index (χ3v) is 1.98. The van der Waals surface area contributed by atoms with Crippen molar-refractivity contribution in [2.75, 3.05) is 0 Å². The van der Waals surface area contributed by atoms with Crippen LogP contribution >= 0.6 is 0 Å². The predicted molar refractivity (Wildman–Crippen MR) is 37.9 cm³/mol. The van der Waals surface area contributed by atoms with Crippen LogP contribution < -0.4 is 5.73 Å². The quantitative estimate of drug-likeness (QED) is 0.672. The molecule has 0 aromatic rings. The molecule has 5 heteroatoms. The van der Waals surface area contributed by atoms with Gasteiger partial charge < -0.3 is 10.8 Å². The number of hydrogen-bond acceptors (Lipinski definition) is 2. The topological polar surface area (TPSA) is 63.3 Å². The van der Waals surface area contributed by atoms with Gasteiger partial charge in [0, 0.05) is 12.3 Å². The van der Waals surface area contributed by atoms with Gasteiger partial charge in [-0.25, -0.2) is 8.78 Å². The zero-order valence-electron chi connectivity index (χ0n) is 6.46. The van der Waals surface area contributed by atoms with E-state index in [2.05, 4.69) is 0 Å². The minimum Gasteiger partial charge on any atom is -0.480 e. The molecule has 0 bridgehead atoms. The standard InChI is InChI=1S/C7H11F2NO2/c8-7(9,4-1-2-4)3-5(10)6(11)12/h4-5H,1-3,10H2,(H,11,12). The Morgan fingerprint density at radius 1 is 1.67 bits per heavy atom. The fourth-order valence-corrected chi connectivity index (χ4v) is 1.05. The van der Waals surface area contributed by atoms with Crippen LogP contribution in [0.5, 0.6) is 0 Å². The summed E-state index contributed by atoms with van der Waals surface area (Å²) in [4.78, 5) is 10.2. The lowest BCUT2D eigenvalue weighted by molar-refractivity contribution is -0.141. The van der Waals surface area contributed by atoms with Gasteiger partial charge in [0.1, 0.15) is 6.04 Å². The summed E-state index contributed by atoms with van der Waals surface area (Å²) < 4.78 is 25.8. The second-order valence-corrected chi connectivity index (χ2v) is 3.18. The maximum Gasteiger partial charge on any atom is 0.320 e. The van der Waals surface area contributed by atoms with E-state index in [1.807, 2.05) is 0 Å².